The number of nitrogens with one attached hydrogen (secondary N) is 1. The van der Waals surface area contributed by atoms with Gasteiger partial charge in [0.25, 0.3) is 5.91 Å². The van der Waals surface area contributed by atoms with E-state index in [2.05, 4.69) is 5.32 Å². The van der Waals surface area contributed by atoms with Crippen LogP contribution in [0.2, 0.25) is 0 Å². The van der Waals surface area contributed by atoms with E-state index < -0.39 is 11.9 Å². The molecule has 4 N–H and O–H groups in total. The van der Waals surface area contributed by atoms with Crippen LogP contribution >= 0.6 is 0 Å². The van der Waals surface area contributed by atoms with Crippen molar-refractivity contribution in [2.24, 2.45) is 5.73 Å². The number of hydrogen-bond acceptors (Lipinski definition) is 3. The van der Waals surface area contributed by atoms with E-state index >= 15 is 0 Å². The molecule has 0 aliphatic heterocycles. The lowest BCUT2D eigenvalue weighted by molar-refractivity contribution is 0.0915. The second-order valence-corrected chi connectivity index (χ2v) is 8.15. The van der Waals surface area contributed by atoms with Crippen molar-refractivity contribution in [2.75, 3.05) is 6.61 Å². The number of rotatable bonds is 7. The molecule has 0 aliphatic rings. The summed E-state index contributed by atoms with van der Waals surface area (Å²) in [5.41, 5.74) is 9.92. The Morgan fingerprint density at radius 2 is 1.67 bits per heavy atom. The Morgan fingerprint density at radius 3 is 2.39 bits per heavy atom. The number of nitrogens with two attached hydrogens (primary N) is 1. The van der Waals surface area contributed by atoms with Gasteiger partial charge < -0.3 is 16.2 Å². The third-order valence-electron chi connectivity index (χ3n) is 5.85. The average molecular weight is 439 g/mol. The number of carbonyl (C=O) groups excluding carboxylic acids is 2. The Hall–Kier alpha value is -3.96. The lowest BCUT2D eigenvalue weighted by Gasteiger charge is -2.18. The Morgan fingerprint density at radius 1 is 0.939 bits per heavy atom. The van der Waals surface area contributed by atoms with Gasteiger partial charge in [0.1, 0.15) is 0 Å². The van der Waals surface area contributed by atoms with Crippen LogP contribution in [0.4, 0.5) is 0 Å². The van der Waals surface area contributed by atoms with E-state index in [1.54, 1.807) is 6.07 Å². The molecule has 33 heavy (non-hydrogen) atoms. The van der Waals surface area contributed by atoms with Crippen LogP contribution in [0, 0.1) is 6.92 Å². The molecular weight excluding hydrogens is 412 g/mol. The zero-order valence-corrected chi connectivity index (χ0v) is 18.4. The largest absolute Gasteiger partial charge is 0.394 e. The number of hydrogen-bond donors (Lipinski definition) is 3. The summed E-state index contributed by atoms with van der Waals surface area (Å²) < 4.78 is 0. The van der Waals surface area contributed by atoms with E-state index in [1.807, 2.05) is 85.8 Å². The lowest BCUT2D eigenvalue weighted by atomic mass is 9.92. The molecule has 0 saturated heterocycles. The molecule has 5 heteroatoms. The van der Waals surface area contributed by atoms with Crippen LogP contribution < -0.4 is 11.1 Å². The van der Waals surface area contributed by atoms with Gasteiger partial charge in [0, 0.05) is 5.56 Å². The fourth-order valence-electron chi connectivity index (χ4n) is 4.13. The summed E-state index contributed by atoms with van der Waals surface area (Å²) in [6.45, 7) is 1.69. The van der Waals surface area contributed by atoms with E-state index in [4.69, 9.17) is 5.73 Å². The molecule has 166 valence electrons. The molecule has 4 aromatic rings. The summed E-state index contributed by atoms with van der Waals surface area (Å²) in [4.78, 5) is 25.5. The van der Waals surface area contributed by atoms with Crippen molar-refractivity contribution in [3.63, 3.8) is 0 Å². The van der Waals surface area contributed by atoms with Crippen molar-refractivity contribution in [1.82, 2.24) is 5.32 Å². The zero-order valence-electron chi connectivity index (χ0n) is 18.4. The predicted molar refractivity (Wildman–Crippen MR) is 131 cm³/mol. The molecule has 4 aromatic carbocycles. The van der Waals surface area contributed by atoms with Crippen molar-refractivity contribution in [1.29, 1.82) is 0 Å². The van der Waals surface area contributed by atoms with Crippen LogP contribution in [-0.4, -0.2) is 29.6 Å². The molecule has 0 aliphatic carbocycles. The Bertz CT molecular complexity index is 1320. The van der Waals surface area contributed by atoms with Gasteiger partial charge >= 0.3 is 0 Å². The van der Waals surface area contributed by atoms with Crippen LogP contribution in [-0.2, 0) is 6.42 Å². The molecule has 0 fully saturated rings. The SMILES string of the molecule is Cc1ccc(-c2ccc3ccccc3c2C(N)=O)cc1C(=O)NC(CO)Cc1ccccc1. The number of benzene rings is 4. The highest BCUT2D eigenvalue weighted by molar-refractivity contribution is 6.12. The number of primary amides is 1. The minimum Gasteiger partial charge on any atom is -0.394 e. The van der Waals surface area contributed by atoms with Crippen LogP contribution in [0.1, 0.15) is 31.8 Å². The lowest BCUT2D eigenvalue weighted by Crippen LogP contribution is -2.39. The average Bonchev–Trinajstić information content (AvgIpc) is 2.83. The van der Waals surface area contributed by atoms with Gasteiger partial charge in [-0.1, -0.05) is 78.9 Å². The first-order valence-electron chi connectivity index (χ1n) is 10.9. The minimum atomic E-state index is -0.517. The summed E-state index contributed by atoms with van der Waals surface area (Å²) >= 11 is 0. The summed E-state index contributed by atoms with van der Waals surface area (Å²) in [7, 11) is 0. The fraction of sp³-hybridized carbons (Fsp3) is 0.143. The molecule has 1 atom stereocenters. The maximum absolute atomic E-state index is 13.1. The van der Waals surface area contributed by atoms with Gasteiger partial charge in [-0.2, -0.15) is 0 Å². The number of amides is 2. The van der Waals surface area contributed by atoms with Crippen LogP contribution in [0.15, 0.2) is 84.9 Å². The minimum absolute atomic E-state index is 0.171. The van der Waals surface area contributed by atoms with Gasteiger partial charge in [0.05, 0.1) is 18.2 Å². The first kappa shape index (κ1) is 22.2. The third-order valence-corrected chi connectivity index (χ3v) is 5.85. The van der Waals surface area contributed by atoms with Crippen LogP contribution in [0.3, 0.4) is 0 Å². The van der Waals surface area contributed by atoms with Gasteiger partial charge in [-0.05, 0) is 52.4 Å². The van der Waals surface area contributed by atoms with Crippen molar-refractivity contribution < 1.29 is 14.7 Å². The molecule has 0 heterocycles. The molecule has 5 nitrogen and oxygen atoms in total. The van der Waals surface area contributed by atoms with E-state index in [0.717, 1.165) is 27.5 Å². The molecule has 1 unspecified atom stereocenters. The van der Waals surface area contributed by atoms with Crippen molar-refractivity contribution >= 4 is 22.6 Å². The van der Waals surface area contributed by atoms with Gasteiger partial charge in [0.15, 0.2) is 0 Å². The normalized spacial score (nSPS) is 11.8. The first-order chi connectivity index (χ1) is 16.0. The van der Waals surface area contributed by atoms with Crippen LogP contribution in [0.5, 0.6) is 0 Å². The van der Waals surface area contributed by atoms with Gasteiger partial charge in [0.2, 0.25) is 5.91 Å². The molecule has 0 radical (unpaired) electrons. The van der Waals surface area contributed by atoms with E-state index in [9.17, 15) is 14.7 Å². The van der Waals surface area contributed by atoms with Gasteiger partial charge in [-0.25, -0.2) is 0 Å². The second-order valence-electron chi connectivity index (χ2n) is 8.15. The van der Waals surface area contributed by atoms with Gasteiger partial charge in [-0.3, -0.25) is 9.59 Å². The maximum atomic E-state index is 13.1. The number of aliphatic hydroxyl groups is 1. The monoisotopic (exact) mass is 438 g/mol. The van der Waals surface area contributed by atoms with E-state index in [0.29, 0.717) is 23.1 Å². The second kappa shape index (κ2) is 9.67. The van der Waals surface area contributed by atoms with Crippen molar-refractivity contribution in [3.8, 4) is 11.1 Å². The number of aliphatic hydroxyl groups excluding tert-OH is 1. The summed E-state index contributed by atoms with van der Waals surface area (Å²) in [5, 5.41) is 14.5. The topological polar surface area (TPSA) is 92.4 Å². The highest BCUT2D eigenvalue weighted by atomic mass is 16.3. The fourth-order valence-corrected chi connectivity index (χ4v) is 4.13. The smallest absolute Gasteiger partial charge is 0.251 e. The van der Waals surface area contributed by atoms with Crippen molar-refractivity contribution in [2.45, 2.75) is 19.4 Å². The molecule has 4 rings (SSSR count). The molecule has 2 amide bonds. The quantitative estimate of drug-likeness (QED) is 0.403. The Labute approximate surface area is 192 Å². The maximum Gasteiger partial charge on any atom is 0.251 e. The summed E-state index contributed by atoms with van der Waals surface area (Å²) in [6.07, 6.45) is 0.526. The van der Waals surface area contributed by atoms with E-state index in [1.165, 1.54) is 0 Å². The van der Waals surface area contributed by atoms with Gasteiger partial charge in [-0.15, -0.1) is 0 Å². The zero-order chi connectivity index (χ0) is 23.4. The molecule has 0 saturated carbocycles. The predicted octanol–water partition coefficient (Wildman–Crippen LogP) is 4.25. The Balaban J connectivity index is 1.68. The third kappa shape index (κ3) is 4.78. The molecular formula is C28H26N2O3. The number of carbonyl (C=O) groups is 2. The molecule has 0 spiro atoms. The molecule has 0 aromatic heterocycles. The van der Waals surface area contributed by atoms with Crippen molar-refractivity contribution in [3.05, 3.63) is 107 Å². The number of fused-ring (bicyclic) bond motifs is 1. The Kier molecular flexibility index (Phi) is 6.52. The van der Waals surface area contributed by atoms with E-state index in [-0.39, 0.29) is 12.5 Å². The summed E-state index contributed by atoms with van der Waals surface area (Å²) in [6, 6.07) is 26.2. The first-order valence-corrected chi connectivity index (χ1v) is 10.9. The number of aryl methyl sites for hydroxylation is 1. The van der Waals surface area contributed by atoms with Crippen LogP contribution in [0.25, 0.3) is 21.9 Å². The molecule has 0 bridgehead atoms. The highest BCUT2D eigenvalue weighted by Gasteiger charge is 2.19. The summed E-state index contributed by atoms with van der Waals surface area (Å²) in [5.74, 6) is -0.790. The standard InChI is InChI=1S/C28H26N2O3/c1-18-11-12-21(24-14-13-20-9-5-6-10-23(20)26(24)27(29)32)16-25(18)28(33)30-22(17-31)15-19-7-3-2-4-8-19/h2-14,16,22,31H,15,17H2,1H3,(H2,29,32)(H,30,33). The highest BCUT2D eigenvalue weighted by Crippen LogP contribution is 2.31.